The van der Waals surface area contributed by atoms with Gasteiger partial charge in [-0.2, -0.15) is 5.10 Å². The lowest BCUT2D eigenvalue weighted by atomic mass is 9.95. The van der Waals surface area contributed by atoms with Crippen molar-refractivity contribution in [2.45, 2.75) is 77.8 Å². The van der Waals surface area contributed by atoms with E-state index in [1.54, 1.807) is 22.6 Å². The molecule has 1 saturated carbocycles. The molecule has 2 aliphatic rings. The molecule has 1 N–H and O–H groups in total. The second kappa shape index (κ2) is 8.62. The summed E-state index contributed by atoms with van der Waals surface area (Å²) in [6.07, 6.45) is 10.2. The van der Waals surface area contributed by atoms with Crippen molar-refractivity contribution in [1.29, 1.82) is 0 Å². The fourth-order valence-corrected chi connectivity index (χ4v) is 4.88. The smallest absolute Gasteiger partial charge is 0.291 e. The highest BCUT2D eigenvalue weighted by Gasteiger charge is 2.25. The first-order valence-electron chi connectivity index (χ1n) is 11.1. The summed E-state index contributed by atoms with van der Waals surface area (Å²) in [5.41, 5.74) is 1.98. The van der Waals surface area contributed by atoms with Crippen LogP contribution in [0.5, 0.6) is 0 Å². The van der Waals surface area contributed by atoms with Crippen molar-refractivity contribution in [3.8, 4) is 0 Å². The van der Waals surface area contributed by atoms with E-state index in [1.807, 2.05) is 6.92 Å². The Balaban J connectivity index is 1.61. The minimum absolute atomic E-state index is 0.0669. The third-order valence-corrected chi connectivity index (χ3v) is 6.60. The highest BCUT2D eigenvalue weighted by Crippen LogP contribution is 2.22. The predicted octanol–water partition coefficient (Wildman–Crippen LogP) is 2.19. The molecule has 3 heterocycles. The van der Waals surface area contributed by atoms with Crippen molar-refractivity contribution in [1.82, 2.24) is 24.4 Å². The second-order valence-electron chi connectivity index (χ2n) is 8.65. The zero-order valence-electron chi connectivity index (χ0n) is 17.9. The molecular formula is C22H31N5O3. The highest BCUT2D eigenvalue weighted by atomic mass is 16.2. The number of piperidine rings is 1. The lowest BCUT2D eigenvalue weighted by Crippen LogP contribution is -2.40. The summed E-state index contributed by atoms with van der Waals surface area (Å²) in [5, 5.41) is 7.36. The molecule has 8 heteroatoms. The van der Waals surface area contributed by atoms with Gasteiger partial charge in [0.05, 0.1) is 5.56 Å². The number of aromatic nitrogens is 3. The molecule has 30 heavy (non-hydrogen) atoms. The molecule has 2 aromatic heterocycles. The molecule has 1 saturated heterocycles. The van der Waals surface area contributed by atoms with E-state index < -0.39 is 0 Å². The van der Waals surface area contributed by atoms with E-state index in [-0.39, 0.29) is 30.0 Å². The standard InChI is InChI=1S/C22H31N5O3/c1-15-19(21(29)24-17-9-5-3-6-10-17)16(2)26-14-23-27(22(30)20(15)26)13-18(28)25-11-7-4-8-12-25/h14,17H,3-13H2,1-2H3,(H,24,29). The number of likely N-dealkylation sites (tertiary alicyclic amines) is 1. The summed E-state index contributed by atoms with van der Waals surface area (Å²) in [6, 6.07) is 0.199. The largest absolute Gasteiger partial charge is 0.349 e. The maximum Gasteiger partial charge on any atom is 0.291 e. The number of hydrogen-bond donors (Lipinski definition) is 1. The first kappa shape index (κ1) is 20.6. The molecule has 2 aromatic rings. The number of carbonyl (C=O) groups is 2. The maximum absolute atomic E-state index is 13.1. The van der Waals surface area contributed by atoms with Gasteiger partial charge in [-0.05, 0) is 51.5 Å². The van der Waals surface area contributed by atoms with Gasteiger partial charge in [0.15, 0.2) is 0 Å². The molecule has 1 aliphatic carbocycles. The van der Waals surface area contributed by atoms with Gasteiger partial charge in [-0.1, -0.05) is 19.3 Å². The number of hydrogen-bond acceptors (Lipinski definition) is 4. The van der Waals surface area contributed by atoms with Crippen molar-refractivity contribution >= 4 is 17.3 Å². The Labute approximate surface area is 176 Å². The van der Waals surface area contributed by atoms with Crippen molar-refractivity contribution in [3.05, 3.63) is 33.5 Å². The average Bonchev–Trinajstić information content (AvgIpc) is 3.02. The third-order valence-electron chi connectivity index (χ3n) is 6.60. The Kier molecular flexibility index (Phi) is 5.92. The monoisotopic (exact) mass is 413 g/mol. The van der Waals surface area contributed by atoms with Gasteiger partial charge in [0, 0.05) is 24.8 Å². The van der Waals surface area contributed by atoms with Crippen LogP contribution in [0.4, 0.5) is 0 Å². The molecule has 0 radical (unpaired) electrons. The van der Waals surface area contributed by atoms with Crippen LogP contribution in [-0.4, -0.2) is 50.0 Å². The number of nitrogens with one attached hydrogen (secondary N) is 1. The van der Waals surface area contributed by atoms with Crippen LogP contribution in [0.2, 0.25) is 0 Å². The van der Waals surface area contributed by atoms with E-state index in [1.165, 1.54) is 11.1 Å². The van der Waals surface area contributed by atoms with E-state index in [9.17, 15) is 14.4 Å². The molecule has 0 spiro atoms. The normalized spacial score (nSPS) is 18.0. The topological polar surface area (TPSA) is 88.7 Å². The Bertz CT molecular complexity index is 1010. The Morgan fingerprint density at radius 2 is 1.73 bits per heavy atom. The number of nitrogens with zero attached hydrogens (tertiary/aromatic N) is 4. The fraction of sp³-hybridized carbons (Fsp3) is 0.636. The Morgan fingerprint density at radius 1 is 1.07 bits per heavy atom. The van der Waals surface area contributed by atoms with Gasteiger partial charge < -0.3 is 10.2 Å². The molecule has 162 valence electrons. The van der Waals surface area contributed by atoms with E-state index in [4.69, 9.17) is 0 Å². The molecule has 2 amide bonds. The van der Waals surface area contributed by atoms with E-state index in [0.717, 1.165) is 58.0 Å². The van der Waals surface area contributed by atoms with Gasteiger partial charge in [0.1, 0.15) is 18.4 Å². The van der Waals surface area contributed by atoms with Gasteiger partial charge in [0.2, 0.25) is 5.91 Å². The first-order valence-corrected chi connectivity index (χ1v) is 11.1. The zero-order chi connectivity index (χ0) is 21.3. The molecule has 0 aromatic carbocycles. The molecule has 1 aliphatic heterocycles. The van der Waals surface area contributed by atoms with Crippen molar-refractivity contribution in [3.63, 3.8) is 0 Å². The minimum Gasteiger partial charge on any atom is -0.349 e. The zero-order valence-corrected chi connectivity index (χ0v) is 17.9. The van der Waals surface area contributed by atoms with Crippen LogP contribution in [0.25, 0.3) is 5.52 Å². The minimum atomic E-state index is -0.333. The van der Waals surface area contributed by atoms with Crippen LogP contribution in [0, 0.1) is 13.8 Å². The van der Waals surface area contributed by atoms with Gasteiger partial charge >= 0.3 is 0 Å². The van der Waals surface area contributed by atoms with Gasteiger partial charge in [-0.3, -0.25) is 18.8 Å². The number of carbonyl (C=O) groups excluding carboxylic acids is 2. The van der Waals surface area contributed by atoms with Crippen LogP contribution >= 0.6 is 0 Å². The number of fused-ring (bicyclic) bond motifs is 1. The van der Waals surface area contributed by atoms with Gasteiger partial charge in [-0.25, -0.2) is 4.68 Å². The van der Waals surface area contributed by atoms with E-state index in [2.05, 4.69) is 10.4 Å². The van der Waals surface area contributed by atoms with Gasteiger partial charge in [-0.15, -0.1) is 0 Å². The molecule has 0 bridgehead atoms. The first-order chi connectivity index (χ1) is 14.5. The maximum atomic E-state index is 13.1. The fourth-order valence-electron chi connectivity index (χ4n) is 4.88. The number of amides is 2. The molecule has 8 nitrogen and oxygen atoms in total. The molecular weight excluding hydrogens is 382 g/mol. The third kappa shape index (κ3) is 3.87. The van der Waals surface area contributed by atoms with Crippen LogP contribution in [0.1, 0.15) is 73.0 Å². The summed E-state index contributed by atoms with van der Waals surface area (Å²) in [6.45, 7) is 5.05. The van der Waals surface area contributed by atoms with Crippen molar-refractivity contribution in [2.24, 2.45) is 0 Å². The molecule has 0 unspecified atom stereocenters. The Hall–Kier alpha value is -2.64. The summed E-state index contributed by atoms with van der Waals surface area (Å²) < 4.78 is 2.90. The Morgan fingerprint density at radius 3 is 2.43 bits per heavy atom. The summed E-state index contributed by atoms with van der Waals surface area (Å²) in [4.78, 5) is 40.5. The molecule has 0 atom stereocenters. The van der Waals surface area contributed by atoms with Crippen molar-refractivity contribution < 1.29 is 9.59 Å². The summed E-state index contributed by atoms with van der Waals surface area (Å²) >= 11 is 0. The second-order valence-corrected chi connectivity index (χ2v) is 8.65. The number of aryl methyl sites for hydroxylation is 2. The lowest BCUT2D eigenvalue weighted by molar-refractivity contribution is -0.133. The lowest BCUT2D eigenvalue weighted by Gasteiger charge is -2.26. The molecule has 2 fully saturated rings. The van der Waals surface area contributed by atoms with Crippen LogP contribution < -0.4 is 10.9 Å². The quantitative estimate of drug-likeness (QED) is 0.832. The average molecular weight is 414 g/mol. The number of rotatable bonds is 4. The SMILES string of the molecule is Cc1c(C(=O)NC2CCCCC2)c(C)n2cnn(CC(=O)N3CCCCC3)c(=O)c12. The summed E-state index contributed by atoms with van der Waals surface area (Å²) in [5.74, 6) is -0.208. The van der Waals surface area contributed by atoms with Crippen LogP contribution in [0.3, 0.4) is 0 Å². The predicted molar refractivity (Wildman–Crippen MR) is 114 cm³/mol. The van der Waals surface area contributed by atoms with Crippen LogP contribution in [0.15, 0.2) is 11.1 Å². The van der Waals surface area contributed by atoms with Crippen LogP contribution in [-0.2, 0) is 11.3 Å². The highest BCUT2D eigenvalue weighted by molar-refractivity contribution is 5.99. The van der Waals surface area contributed by atoms with E-state index >= 15 is 0 Å². The van der Waals surface area contributed by atoms with Crippen molar-refractivity contribution in [2.75, 3.05) is 13.1 Å². The van der Waals surface area contributed by atoms with Gasteiger partial charge in [0.25, 0.3) is 11.5 Å². The van der Waals surface area contributed by atoms with E-state index in [0.29, 0.717) is 22.3 Å². The molecule has 4 rings (SSSR count). The summed E-state index contributed by atoms with van der Waals surface area (Å²) in [7, 11) is 0.